The van der Waals surface area contributed by atoms with Gasteiger partial charge < -0.3 is 10.4 Å². The summed E-state index contributed by atoms with van der Waals surface area (Å²) in [5.74, 6) is 0.424. The second kappa shape index (κ2) is 5.44. The summed E-state index contributed by atoms with van der Waals surface area (Å²) in [4.78, 5) is 13.6. The van der Waals surface area contributed by atoms with E-state index >= 15 is 0 Å². The van der Waals surface area contributed by atoms with E-state index in [0.717, 1.165) is 25.9 Å². The highest BCUT2D eigenvalue weighted by molar-refractivity contribution is 5.73. The van der Waals surface area contributed by atoms with E-state index in [0.29, 0.717) is 11.8 Å². The molecular weight excluding hydrogens is 252 g/mol. The fourth-order valence-electron chi connectivity index (χ4n) is 3.63. The Kier molecular flexibility index (Phi) is 3.66. The highest BCUT2D eigenvalue weighted by atomic mass is 16.3. The van der Waals surface area contributed by atoms with Gasteiger partial charge in [0.15, 0.2) is 0 Å². The Labute approximate surface area is 119 Å². The molecule has 0 aromatic heterocycles. The molecule has 2 atom stereocenters. The molecule has 20 heavy (non-hydrogen) atoms. The third-order valence-electron chi connectivity index (χ3n) is 4.48. The van der Waals surface area contributed by atoms with Crippen molar-refractivity contribution in [3.63, 3.8) is 0 Å². The normalized spacial score (nSPS) is 26.2. The first-order chi connectivity index (χ1) is 9.63. The van der Waals surface area contributed by atoms with Crippen molar-refractivity contribution in [2.45, 2.75) is 44.7 Å². The topological polar surface area (TPSA) is 52.6 Å². The van der Waals surface area contributed by atoms with Crippen LogP contribution in [0.15, 0.2) is 18.2 Å². The first-order valence-electron chi connectivity index (χ1n) is 7.46. The van der Waals surface area contributed by atoms with E-state index < -0.39 is 0 Å². The van der Waals surface area contributed by atoms with E-state index in [4.69, 9.17) is 0 Å². The lowest BCUT2D eigenvalue weighted by Crippen LogP contribution is -2.37. The van der Waals surface area contributed by atoms with E-state index in [1.165, 1.54) is 24.0 Å². The van der Waals surface area contributed by atoms with Gasteiger partial charge >= 0.3 is 0 Å². The lowest BCUT2D eigenvalue weighted by Gasteiger charge is -2.33. The van der Waals surface area contributed by atoms with Crippen LogP contribution in [0, 0.1) is 0 Å². The quantitative estimate of drug-likeness (QED) is 0.867. The number of phenols is 1. The highest BCUT2D eigenvalue weighted by Crippen LogP contribution is 2.37. The van der Waals surface area contributed by atoms with E-state index in [1.807, 2.05) is 6.07 Å². The van der Waals surface area contributed by atoms with Crippen LogP contribution in [0.1, 0.15) is 43.4 Å². The van der Waals surface area contributed by atoms with Crippen molar-refractivity contribution in [3.05, 3.63) is 29.3 Å². The molecule has 0 bridgehead atoms. The first-order valence-corrected chi connectivity index (χ1v) is 7.46. The number of nitrogens with zero attached hydrogens (tertiary/aromatic N) is 1. The van der Waals surface area contributed by atoms with Crippen molar-refractivity contribution in [2.75, 3.05) is 13.1 Å². The number of fused-ring (bicyclic) bond motifs is 1. The summed E-state index contributed by atoms with van der Waals surface area (Å²) in [7, 11) is 0. The molecule has 1 aromatic carbocycles. The maximum atomic E-state index is 11.2. The Morgan fingerprint density at radius 1 is 1.40 bits per heavy atom. The number of carbonyl (C=O) groups is 1. The van der Waals surface area contributed by atoms with E-state index in [9.17, 15) is 9.90 Å². The van der Waals surface area contributed by atoms with Gasteiger partial charge in [-0.3, -0.25) is 9.69 Å². The summed E-state index contributed by atoms with van der Waals surface area (Å²) in [5.41, 5.74) is 2.64. The predicted octanol–water partition coefficient (Wildman–Crippen LogP) is 1.98. The largest absolute Gasteiger partial charge is 0.508 e. The maximum absolute atomic E-state index is 11.2. The second-order valence-corrected chi connectivity index (χ2v) is 5.97. The number of hydrogen-bond acceptors (Lipinski definition) is 3. The van der Waals surface area contributed by atoms with Crippen molar-refractivity contribution >= 4 is 5.91 Å². The zero-order valence-electron chi connectivity index (χ0n) is 11.9. The summed E-state index contributed by atoms with van der Waals surface area (Å²) >= 11 is 0. The van der Waals surface area contributed by atoms with Crippen LogP contribution < -0.4 is 5.32 Å². The number of amides is 1. The zero-order chi connectivity index (χ0) is 14.1. The average Bonchev–Trinajstić information content (AvgIpc) is 2.85. The minimum absolute atomic E-state index is 0.0609. The van der Waals surface area contributed by atoms with E-state index in [2.05, 4.69) is 16.3 Å². The summed E-state index contributed by atoms with van der Waals surface area (Å²) in [6, 6.07) is 6.50. The fourth-order valence-corrected chi connectivity index (χ4v) is 3.63. The van der Waals surface area contributed by atoms with E-state index in [-0.39, 0.29) is 11.9 Å². The molecule has 1 aliphatic heterocycles. The van der Waals surface area contributed by atoms with Crippen LogP contribution in [0.25, 0.3) is 0 Å². The van der Waals surface area contributed by atoms with Gasteiger partial charge in [-0.15, -0.1) is 0 Å². The summed E-state index contributed by atoms with van der Waals surface area (Å²) < 4.78 is 0. The van der Waals surface area contributed by atoms with Gasteiger partial charge in [0.05, 0.1) is 0 Å². The lowest BCUT2D eigenvalue weighted by molar-refractivity contribution is -0.119. The number of benzene rings is 1. The number of aromatic hydroxyl groups is 1. The molecule has 0 radical (unpaired) electrons. The number of carbonyl (C=O) groups excluding carboxylic acids is 1. The fraction of sp³-hybridized carbons (Fsp3) is 0.562. The molecule has 1 aromatic rings. The Hall–Kier alpha value is -1.55. The van der Waals surface area contributed by atoms with Crippen molar-refractivity contribution < 1.29 is 9.90 Å². The van der Waals surface area contributed by atoms with Gasteiger partial charge in [-0.05, 0) is 48.9 Å². The third kappa shape index (κ3) is 2.66. The van der Waals surface area contributed by atoms with Crippen LogP contribution in [0.3, 0.4) is 0 Å². The lowest BCUT2D eigenvalue weighted by atomic mass is 9.87. The predicted molar refractivity (Wildman–Crippen MR) is 77.6 cm³/mol. The van der Waals surface area contributed by atoms with Gasteiger partial charge in [0.25, 0.3) is 0 Å². The third-order valence-corrected chi connectivity index (χ3v) is 4.48. The molecule has 2 N–H and O–H groups in total. The molecule has 1 amide bonds. The molecule has 108 valence electrons. The molecule has 1 saturated heterocycles. The number of nitrogens with one attached hydrogen (secondary N) is 1. The molecular formula is C16H22N2O2. The van der Waals surface area contributed by atoms with Crippen LogP contribution >= 0.6 is 0 Å². The Bertz CT molecular complexity index is 515. The molecule has 0 saturated carbocycles. The Morgan fingerprint density at radius 2 is 2.25 bits per heavy atom. The van der Waals surface area contributed by atoms with Crippen molar-refractivity contribution in [2.24, 2.45) is 0 Å². The van der Waals surface area contributed by atoms with Crippen molar-refractivity contribution in [3.8, 4) is 5.75 Å². The average molecular weight is 274 g/mol. The van der Waals surface area contributed by atoms with Crippen molar-refractivity contribution in [1.82, 2.24) is 10.2 Å². The Morgan fingerprint density at radius 3 is 3.05 bits per heavy atom. The molecule has 2 aliphatic rings. The van der Waals surface area contributed by atoms with Crippen LogP contribution in [-0.4, -0.2) is 35.0 Å². The smallest absolute Gasteiger partial charge is 0.217 e. The standard InChI is InChI=1S/C16H22N2O2/c1-11(19)17-13-7-8-18(10-13)16-4-2-3-12-9-14(20)5-6-15(12)16/h5-6,9,13,16,20H,2-4,7-8,10H2,1H3,(H,17,19). The van der Waals surface area contributed by atoms with Gasteiger partial charge in [0.1, 0.15) is 5.75 Å². The molecule has 4 heteroatoms. The first kappa shape index (κ1) is 13.4. The molecule has 4 nitrogen and oxygen atoms in total. The number of rotatable bonds is 2. The number of likely N-dealkylation sites (tertiary alicyclic amines) is 1. The van der Waals surface area contributed by atoms with Crippen LogP contribution in [-0.2, 0) is 11.2 Å². The van der Waals surface area contributed by atoms with Gasteiger partial charge in [-0.2, -0.15) is 0 Å². The molecule has 1 heterocycles. The molecule has 2 unspecified atom stereocenters. The zero-order valence-corrected chi connectivity index (χ0v) is 11.9. The number of phenolic OH excluding ortho intramolecular Hbond substituents is 1. The molecule has 3 rings (SSSR count). The van der Waals surface area contributed by atoms with Crippen molar-refractivity contribution in [1.29, 1.82) is 0 Å². The molecule has 1 fully saturated rings. The highest BCUT2D eigenvalue weighted by Gasteiger charge is 2.32. The van der Waals surface area contributed by atoms with E-state index in [1.54, 1.807) is 13.0 Å². The number of aryl methyl sites for hydroxylation is 1. The van der Waals surface area contributed by atoms with Gasteiger partial charge in [-0.25, -0.2) is 0 Å². The monoisotopic (exact) mass is 274 g/mol. The Balaban J connectivity index is 1.75. The van der Waals surface area contributed by atoms with Gasteiger partial charge in [0.2, 0.25) is 5.91 Å². The molecule has 0 spiro atoms. The van der Waals surface area contributed by atoms with Gasteiger partial charge in [-0.1, -0.05) is 6.07 Å². The second-order valence-electron chi connectivity index (χ2n) is 5.97. The summed E-state index contributed by atoms with van der Waals surface area (Å²) in [5, 5.41) is 12.6. The summed E-state index contributed by atoms with van der Waals surface area (Å²) in [6.07, 6.45) is 4.43. The molecule has 1 aliphatic carbocycles. The SMILES string of the molecule is CC(=O)NC1CCN(C2CCCc3cc(O)ccc32)C1. The van der Waals surface area contributed by atoms with Crippen LogP contribution in [0.5, 0.6) is 5.75 Å². The summed E-state index contributed by atoms with van der Waals surface area (Å²) in [6.45, 7) is 3.56. The van der Waals surface area contributed by atoms with Crippen LogP contribution in [0.4, 0.5) is 0 Å². The minimum Gasteiger partial charge on any atom is -0.508 e. The van der Waals surface area contributed by atoms with Gasteiger partial charge in [0, 0.05) is 32.1 Å². The maximum Gasteiger partial charge on any atom is 0.217 e. The minimum atomic E-state index is 0.0609. The number of hydrogen-bond donors (Lipinski definition) is 2. The van der Waals surface area contributed by atoms with Crippen LogP contribution in [0.2, 0.25) is 0 Å².